The zero-order valence-corrected chi connectivity index (χ0v) is 18.0. The summed E-state index contributed by atoms with van der Waals surface area (Å²) >= 11 is 14.8. The van der Waals surface area contributed by atoms with E-state index in [-0.39, 0.29) is 11.0 Å². The van der Waals surface area contributed by atoms with E-state index in [0.717, 1.165) is 5.56 Å². The maximum Gasteiger partial charge on any atom is 0.257 e. The van der Waals surface area contributed by atoms with Crippen molar-refractivity contribution >= 4 is 50.8 Å². The highest BCUT2D eigenvalue weighted by atomic mass is 79.9. The third-order valence-electron chi connectivity index (χ3n) is 3.63. The van der Waals surface area contributed by atoms with E-state index in [4.69, 9.17) is 38.0 Å². The van der Waals surface area contributed by atoms with Crippen LogP contribution < -0.4 is 24.8 Å². The van der Waals surface area contributed by atoms with Crippen LogP contribution in [-0.4, -0.2) is 32.3 Å². The van der Waals surface area contributed by atoms with Gasteiger partial charge in [0.2, 0.25) is 0 Å². The fraction of sp³-hybridized carbons (Fsp3) is 0.222. The molecular formula is C18H18BrClN2O4S. The van der Waals surface area contributed by atoms with Crippen LogP contribution in [0.2, 0.25) is 5.02 Å². The minimum absolute atomic E-state index is 0.179. The minimum atomic E-state index is -0.339. The molecule has 0 fully saturated rings. The van der Waals surface area contributed by atoms with E-state index in [9.17, 15) is 4.79 Å². The average Bonchev–Trinajstić information content (AvgIpc) is 2.66. The molecule has 2 aromatic carbocycles. The molecule has 0 radical (unpaired) electrons. The number of rotatable bonds is 6. The van der Waals surface area contributed by atoms with E-state index < -0.39 is 0 Å². The molecule has 9 heteroatoms. The molecule has 0 aliphatic rings. The largest absolute Gasteiger partial charge is 0.496 e. The third-order valence-corrected chi connectivity index (χ3v) is 4.85. The van der Waals surface area contributed by atoms with Gasteiger partial charge in [-0.3, -0.25) is 10.1 Å². The summed E-state index contributed by atoms with van der Waals surface area (Å²) < 4.78 is 16.3. The molecule has 6 nitrogen and oxygen atoms in total. The zero-order chi connectivity index (χ0) is 20.0. The van der Waals surface area contributed by atoms with Crippen LogP contribution >= 0.6 is 39.7 Å². The van der Waals surface area contributed by atoms with Crippen LogP contribution in [0.3, 0.4) is 0 Å². The molecule has 0 bridgehead atoms. The Morgan fingerprint density at radius 3 is 2.30 bits per heavy atom. The normalized spacial score (nSPS) is 10.1. The van der Waals surface area contributed by atoms with E-state index >= 15 is 0 Å². The van der Waals surface area contributed by atoms with Crippen molar-refractivity contribution in [2.45, 2.75) is 6.54 Å². The van der Waals surface area contributed by atoms with Crippen LogP contribution in [0.4, 0.5) is 0 Å². The van der Waals surface area contributed by atoms with Crippen molar-refractivity contribution in [3.63, 3.8) is 0 Å². The lowest BCUT2D eigenvalue weighted by molar-refractivity contribution is 0.0976. The second kappa shape index (κ2) is 9.77. The summed E-state index contributed by atoms with van der Waals surface area (Å²) in [7, 11) is 4.63. The third kappa shape index (κ3) is 5.47. The molecular weight excluding hydrogens is 456 g/mol. The highest BCUT2D eigenvalue weighted by Gasteiger charge is 2.13. The first kappa shape index (κ1) is 21.3. The molecule has 2 N–H and O–H groups in total. The second-order valence-electron chi connectivity index (χ2n) is 5.28. The van der Waals surface area contributed by atoms with E-state index in [1.807, 2.05) is 0 Å². The standard InChI is InChI=1S/C18H18BrClN2O4S/c1-24-14-5-4-10(6-12(14)19)17(23)22-18(27)21-9-11-7-15(25-2)16(26-3)8-13(11)20/h4-8H,9H2,1-3H3,(H2,21,22,23,27). The first-order valence-electron chi connectivity index (χ1n) is 7.72. The topological polar surface area (TPSA) is 68.8 Å². The Hall–Kier alpha value is -2.03. The molecule has 2 aromatic rings. The summed E-state index contributed by atoms with van der Waals surface area (Å²) in [6.07, 6.45) is 0. The number of ether oxygens (including phenoxy) is 3. The summed E-state index contributed by atoms with van der Waals surface area (Å²) in [5.74, 6) is 1.38. The van der Waals surface area contributed by atoms with E-state index in [0.29, 0.717) is 38.9 Å². The van der Waals surface area contributed by atoms with Crippen LogP contribution in [0.25, 0.3) is 0 Å². The van der Waals surface area contributed by atoms with Gasteiger partial charge in [0.25, 0.3) is 5.91 Å². The molecule has 144 valence electrons. The summed E-state index contributed by atoms with van der Waals surface area (Å²) in [5, 5.41) is 6.24. The Kier molecular flexibility index (Phi) is 7.70. The van der Waals surface area contributed by atoms with Gasteiger partial charge in [0, 0.05) is 23.2 Å². The van der Waals surface area contributed by atoms with Gasteiger partial charge in [-0.25, -0.2) is 0 Å². The smallest absolute Gasteiger partial charge is 0.257 e. The minimum Gasteiger partial charge on any atom is -0.496 e. The quantitative estimate of drug-likeness (QED) is 0.620. The highest BCUT2D eigenvalue weighted by molar-refractivity contribution is 9.10. The summed E-state index contributed by atoms with van der Waals surface area (Å²) in [4.78, 5) is 12.3. The zero-order valence-electron chi connectivity index (χ0n) is 14.9. The van der Waals surface area contributed by atoms with Gasteiger partial charge in [0.1, 0.15) is 5.75 Å². The van der Waals surface area contributed by atoms with Gasteiger partial charge in [0.15, 0.2) is 16.6 Å². The molecule has 27 heavy (non-hydrogen) atoms. The molecule has 0 unspecified atom stereocenters. The number of carbonyl (C=O) groups is 1. The Bertz CT molecular complexity index is 863. The molecule has 2 rings (SSSR count). The fourth-order valence-electron chi connectivity index (χ4n) is 2.23. The number of amides is 1. The van der Waals surface area contributed by atoms with Crippen molar-refractivity contribution in [2.75, 3.05) is 21.3 Å². The van der Waals surface area contributed by atoms with Gasteiger partial charge in [-0.05, 0) is 58.0 Å². The first-order chi connectivity index (χ1) is 12.9. The SMILES string of the molecule is COc1ccc(C(=O)NC(=S)NCc2cc(OC)c(OC)cc2Cl)cc1Br. The monoisotopic (exact) mass is 472 g/mol. The predicted octanol–water partition coefficient (Wildman–Crippen LogP) is 3.93. The summed E-state index contributed by atoms with van der Waals surface area (Å²) in [5.41, 5.74) is 1.19. The van der Waals surface area contributed by atoms with Crippen molar-refractivity contribution in [3.05, 3.63) is 51.0 Å². The van der Waals surface area contributed by atoms with Crippen LogP contribution in [0.15, 0.2) is 34.8 Å². The van der Waals surface area contributed by atoms with E-state index in [1.54, 1.807) is 44.6 Å². The second-order valence-corrected chi connectivity index (χ2v) is 6.95. The molecule has 0 aliphatic carbocycles. The van der Waals surface area contributed by atoms with Crippen molar-refractivity contribution in [2.24, 2.45) is 0 Å². The molecule has 0 aliphatic heterocycles. The predicted molar refractivity (Wildman–Crippen MR) is 112 cm³/mol. The van der Waals surface area contributed by atoms with Gasteiger partial charge in [-0.2, -0.15) is 0 Å². The van der Waals surface area contributed by atoms with Gasteiger partial charge < -0.3 is 19.5 Å². The lowest BCUT2D eigenvalue weighted by Crippen LogP contribution is -2.38. The highest BCUT2D eigenvalue weighted by Crippen LogP contribution is 2.33. The molecule has 0 spiro atoms. The Labute approximate surface area is 176 Å². The average molecular weight is 474 g/mol. The van der Waals surface area contributed by atoms with Crippen molar-refractivity contribution in [1.82, 2.24) is 10.6 Å². The summed E-state index contributed by atoms with van der Waals surface area (Å²) in [6, 6.07) is 8.40. The van der Waals surface area contributed by atoms with Crippen LogP contribution in [0, 0.1) is 0 Å². The lowest BCUT2D eigenvalue weighted by Gasteiger charge is -2.14. The van der Waals surface area contributed by atoms with E-state index in [2.05, 4.69) is 26.6 Å². The molecule has 1 amide bonds. The van der Waals surface area contributed by atoms with Crippen LogP contribution in [-0.2, 0) is 6.54 Å². The van der Waals surface area contributed by atoms with Crippen molar-refractivity contribution in [1.29, 1.82) is 0 Å². The molecule has 0 heterocycles. The maximum absolute atomic E-state index is 12.3. The van der Waals surface area contributed by atoms with Crippen molar-refractivity contribution < 1.29 is 19.0 Å². The number of hydrogen-bond acceptors (Lipinski definition) is 5. The number of hydrogen-bond donors (Lipinski definition) is 2. The number of halogens is 2. The van der Waals surface area contributed by atoms with Crippen LogP contribution in [0.1, 0.15) is 15.9 Å². The summed E-state index contributed by atoms with van der Waals surface area (Å²) in [6.45, 7) is 0.310. The van der Waals surface area contributed by atoms with Crippen LogP contribution in [0.5, 0.6) is 17.2 Å². The van der Waals surface area contributed by atoms with Gasteiger partial charge in [-0.1, -0.05) is 11.6 Å². The van der Waals surface area contributed by atoms with Gasteiger partial charge in [-0.15, -0.1) is 0 Å². The number of methoxy groups -OCH3 is 3. The van der Waals surface area contributed by atoms with Gasteiger partial charge >= 0.3 is 0 Å². The fourth-order valence-corrected chi connectivity index (χ4v) is 3.16. The lowest BCUT2D eigenvalue weighted by atomic mass is 10.2. The Morgan fingerprint density at radius 2 is 1.70 bits per heavy atom. The maximum atomic E-state index is 12.3. The van der Waals surface area contributed by atoms with Crippen molar-refractivity contribution in [3.8, 4) is 17.2 Å². The number of carbonyl (C=O) groups excluding carboxylic acids is 1. The Morgan fingerprint density at radius 1 is 1.07 bits per heavy atom. The first-order valence-corrected chi connectivity index (χ1v) is 9.30. The molecule has 0 aromatic heterocycles. The molecule has 0 saturated heterocycles. The molecule has 0 atom stereocenters. The number of benzene rings is 2. The Balaban J connectivity index is 2.00. The molecule has 0 saturated carbocycles. The van der Waals surface area contributed by atoms with E-state index in [1.165, 1.54) is 7.11 Å². The number of thiocarbonyl (C=S) groups is 1. The number of nitrogens with one attached hydrogen (secondary N) is 2. The van der Waals surface area contributed by atoms with Gasteiger partial charge in [0.05, 0.1) is 25.8 Å².